The van der Waals surface area contributed by atoms with Gasteiger partial charge in [0.15, 0.2) is 11.6 Å². The molecule has 0 fully saturated rings. The van der Waals surface area contributed by atoms with Crippen molar-refractivity contribution in [3.05, 3.63) is 60.2 Å². The van der Waals surface area contributed by atoms with E-state index in [2.05, 4.69) is 30.5 Å². The molecule has 0 saturated carbocycles. The van der Waals surface area contributed by atoms with Crippen molar-refractivity contribution in [2.45, 2.75) is 13.5 Å². The Morgan fingerprint density at radius 2 is 1.94 bits per heavy atom. The van der Waals surface area contributed by atoms with Crippen LogP contribution in [0.2, 0.25) is 0 Å². The van der Waals surface area contributed by atoms with E-state index in [0.717, 1.165) is 11.1 Å². The predicted octanol–water partition coefficient (Wildman–Crippen LogP) is 2.71. The summed E-state index contributed by atoms with van der Waals surface area (Å²) in [6, 6.07) is 11.3. The van der Waals surface area contributed by atoms with Crippen molar-refractivity contribution in [3.8, 4) is 28.4 Å². The predicted molar refractivity (Wildman–Crippen MR) is 123 cm³/mol. The van der Waals surface area contributed by atoms with Crippen molar-refractivity contribution < 1.29 is 9.84 Å². The lowest BCUT2D eigenvalue weighted by atomic mass is 10.0. The van der Waals surface area contributed by atoms with E-state index in [1.54, 1.807) is 26.3 Å². The first-order valence-corrected chi connectivity index (χ1v) is 10.1. The number of aryl methyl sites for hydroxylation is 1. The van der Waals surface area contributed by atoms with Gasteiger partial charge in [-0.05, 0) is 42.3 Å². The molecular weight excluding hydrogens is 422 g/mol. The number of H-pyrrole nitrogens is 1. The molecule has 5 rings (SSSR count). The number of pyridine rings is 1. The summed E-state index contributed by atoms with van der Waals surface area (Å²) in [4.78, 5) is 17.6. The van der Waals surface area contributed by atoms with Gasteiger partial charge in [0.1, 0.15) is 28.7 Å². The second-order valence-electron chi connectivity index (χ2n) is 7.30. The van der Waals surface area contributed by atoms with E-state index in [1.807, 2.05) is 40.9 Å². The van der Waals surface area contributed by atoms with Crippen LogP contribution in [0.5, 0.6) is 5.75 Å². The van der Waals surface area contributed by atoms with E-state index in [-0.39, 0.29) is 12.6 Å². The average molecular weight is 443 g/mol. The number of hydrogen-bond donors (Lipinski definition) is 4. The Morgan fingerprint density at radius 3 is 2.67 bits per heavy atom. The second kappa shape index (κ2) is 8.20. The lowest BCUT2D eigenvalue weighted by Crippen LogP contribution is -2.05. The fourth-order valence-electron chi connectivity index (χ4n) is 3.66. The van der Waals surface area contributed by atoms with Crippen molar-refractivity contribution in [1.82, 2.24) is 34.5 Å². The molecule has 0 spiro atoms. The number of aliphatic hydroxyl groups excluding tert-OH is 1. The highest BCUT2D eigenvalue weighted by molar-refractivity contribution is 5.78. The van der Waals surface area contributed by atoms with Gasteiger partial charge in [0.05, 0.1) is 19.9 Å². The maximum absolute atomic E-state index is 9.72. The number of aliphatic hydroxyl groups is 1. The van der Waals surface area contributed by atoms with E-state index in [9.17, 15) is 5.11 Å². The molecule has 0 saturated heterocycles. The zero-order valence-electron chi connectivity index (χ0n) is 17.9. The fourth-order valence-corrected chi connectivity index (χ4v) is 3.66. The number of anilines is 3. The van der Waals surface area contributed by atoms with Crippen molar-refractivity contribution in [1.29, 1.82) is 0 Å². The van der Waals surface area contributed by atoms with Gasteiger partial charge in [-0.3, -0.25) is 9.50 Å². The fraction of sp³-hybridized carbons (Fsp3) is 0.136. The maximum Gasteiger partial charge on any atom is 0.223 e. The number of nitrogens with zero attached hydrogens (tertiary/aromatic N) is 6. The number of nitrogens with one attached hydrogen (secondary N) is 2. The van der Waals surface area contributed by atoms with Gasteiger partial charge in [-0.2, -0.15) is 15.1 Å². The standard InChI is InChI=1S/C22H21N9O2/c1-12-25-20(29-22(23)26-12)19-21(27-17-7-8-24-30-17)28-18-6-4-14(10-31(18)19)13-3-5-16(33-2)15(9-13)11-32/h3-10,32H,11H2,1-2H3,(H2,24,27,30)(H2,23,25,26,29). The third kappa shape index (κ3) is 3.81. The molecule has 11 heteroatoms. The summed E-state index contributed by atoms with van der Waals surface area (Å²) in [5.41, 5.74) is 9.73. The molecule has 11 nitrogen and oxygen atoms in total. The average Bonchev–Trinajstić information content (AvgIpc) is 3.45. The summed E-state index contributed by atoms with van der Waals surface area (Å²) >= 11 is 0. The SMILES string of the molecule is COc1ccc(-c2ccc3nc(Nc4ccn[nH]4)c(-c4nc(C)nc(N)n4)n3c2)cc1CO. The third-order valence-corrected chi connectivity index (χ3v) is 5.13. The number of rotatable bonds is 6. The van der Waals surface area contributed by atoms with E-state index in [4.69, 9.17) is 15.5 Å². The van der Waals surface area contributed by atoms with E-state index in [0.29, 0.717) is 45.9 Å². The van der Waals surface area contributed by atoms with Gasteiger partial charge in [-0.15, -0.1) is 0 Å². The van der Waals surface area contributed by atoms with Gasteiger partial charge in [0.2, 0.25) is 5.95 Å². The van der Waals surface area contributed by atoms with Crippen LogP contribution in [-0.2, 0) is 6.61 Å². The van der Waals surface area contributed by atoms with Crippen LogP contribution in [0.15, 0.2) is 48.8 Å². The molecule has 33 heavy (non-hydrogen) atoms. The maximum atomic E-state index is 9.72. The highest BCUT2D eigenvalue weighted by atomic mass is 16.5. The van der Waals surface area contributed by atoms with Crippen LogP contribution in [0.4, 0.5) is 17.6 Å². The molecule has 4 heterocycles. The topological polar surface area (TPSA) is 152 Å². The molecule has 166 valence electrons. The minimum absolute atomic E-state index is 0.124. The summed E-state index contributed by atoms with van der Waals surface area (Å²) in [6.45, 7) is 1.63. The van der Waals surface area contributed by atoms with Gasteiger partial charge in [0.25, 0.3) is 0 Å². The first-order chi connectivity index (χ1) is 16.1. The van der Waals surface area contributed by atoms with E-state index < -0.39 is 0 Å². The monoisotopic (exact) mass is 443 g/mol. The molecule has 1 aromatic carbocycles. The highest BCUT2D eigenvalue weighted by Crippen LogP contribution is 2.32. The summed E-state index contributed by atoms with van der Waals surface area (Å²) in [6.07, 6.45) is 3.58. The first-order valence-electron chi connectivity index (χ1n) is 10.1. The van der Waals surface area contributed by atoms with Gasteiger partial charge < -0.3 is 20.9 Å². The van der Waals surface area contributed by atoms with Gasteiger partial charge in [-0.1, -0.05) is 6.07 Å². The number of fused-ring (bicyclic) bond motifs is 1. The number of nitrogens with two attached hydrogens (primary N) is 1. The number of aromatic amines is 1. The number of hydrogen-bond acceptors (Lipinski definition) is 9. The molecule has 0 unspecified atom stereocenters. The van der Waals surface area contributed by atoms with Crippen LogP contribution in [0, 0.1) is 6.92 Å². The number of methoxy groups -OCH3 is 1. The lowest BCUT2D eigenvalue weighted by Gasteiger charge is -2.10. The minimum Gasteiger partial charge on any atom is -0.496 e. The summed E-state index contributed by atoms with van der Waals surface area (Å²) in [7, 11) is 1.58. The minimum atomic E-state index is -0.128. The molecular formula is C22H21N9O2. The largest absolute Gasteiger partial charge is 0.496 e. The lowest BCUT2D eigenvalue weighted by molar-refractivity contribution is 0.274. The molecule has 0 atom stereocenters. The van der Waals surface area contributed by atoms with Crippen LogP contribution in [0.25, 0.3) is 28.3 Å². The molecule has 0 aliphatic heterocycles. The molecule has 0 aliphatic carbocycles. The normalized spacial score (nSPS) is 11.1. The molecule has 0 aliphatic rings. The highest BCUT2D eigenvalue weighted by Gasteiger charge is 2.19. The molecule has 0 amide bonds. The molecule has 0 radical (unpaired) electrons. The molecule has 0 bridgehead atoms. The number of imidazole rings is 1. The number of aromatic nitrogens is 7. The van der Waals surface area contributed by atoms with Crippen LogP contribution in [0.3, 0.4) is 0 Å². The number of ether oxygens (including phenoxy) is 1. The Kier molecular flexibility index (Phi) is 5.07. The van der Waals surface area contributed by atoms with Crippen molar-refractivity contribution in [2.75, 3.05) is 18.2 Å². The van der Waals surface area contributed by atoms with E-state index >= 15 is 0 Å². The first kappa shape index (κ1) is 20.4. The van der Waals surface area contributed by atoms with Crippen LogP contribution >= 0.6 is 0 Å². The Balaban J connectivity index is 1.70. The van der Waals surface area contributed by atoms with Crippen molar-refractivity contribution in [2.24, 2.45) is 0 Å². The Hall–Kier alpha value is -4.51. The second-order valence-corrected chi connectivity index (χ2v) is 7.30. The van der Waals surface area contributed by atoms with Crippen LogP contribution in [-0.4, -0.2) is 46.8 Å². The van der Waals surface area contributed by atoms with Gasteiger partial charge >= 0.3 is 0 Å². The van der Waals surface area contributed by atoms with Crippen molar-refractivity contribution >= 4 is 23.2 Å². The smallest absolute Gasteiger partial charge is 0.223 e. The Morgan fingerprint density at radius 1 is 1.09 bits per heavy atom. The summed E-state index contributed by atoms with van der Waals surface area (Å²) in [5.74, 6) is 2.84. The zero-order valence-corrected chi connectivity index (χ0v) is 17.9. The number of benzene rings is 1. The van der Waals surface area contributed by atoms with E-state index in [1.165, 1.54) is 0 Å². The van der Waals surface area contributed by atoms with Gasteiger partial charge in [-0.25, -0.2) is 9.97 Å². The van der Waals surface area contributed by atoms with Crippen LogP contribution < -0.4 is 15.8 Å². The third-order valence-electron chi connectivity index (χ3n) is 5.13. The Labute approximate surface area is 188 Å². The Bertz CT molecular complexity index is 1420. The molecule has 4 aromatic heterocycles. The summed E-state index contributed by atoms with van der Waals surface area (Å²) < 4.78 is 7.22. The molecule has 5 aromatic rings. The van der Waals surface area contributed by atoms with Gasteiger partial charge in [0, 0.05) is 17.8 Å². The quantitative estimate of drug-likeness (QED) is 0.310. The molecule has 5 N–H and O–H groups in total. The summed E-state index contributed by atoms with van der Waals surface area (Å²) in [5, 5.41) is 19.8. The zero-order chi connectivity index (χ0) is 22.9. The van der Waals surface area contributed by atoms with Crippen molar-refractivity contribution in [3.63, 3.8) is 0 Å². The van der Waals surface area contributed by atoms with Crippen LogP contribution in [0.1, 0.15) is 11.4 Å². The number of nitrogen functional groups attached to an aromatic ring is 1.